The topological polar surface area (TPSA) is 3.24 Å². The summed E-state index contributed by atoms with van der Waals surface area (Å²) >= 11 is 7.24. The fourth-order valence-electron chi connectivity index (χ4n) is 2.47. The minimum atomic E-state index is 0.0304. The van der Waals surface area contributed by atoms with Gasteiger partial charge in [0.2, 0.25) is 0 Å². The van der Waals surface area contributed by atoms with E-state index in [1.165, 1.54) is 11.1 Å². The zero-order valence-corrected chi connectivity index (χ0v) is 12.6. The maximum Gasteiger partial charge on any atom is 0.0522 e. The van der Waals surface area contributed by atoms with Crippen molar-refractivity contribution in [1.82, 2.24) is 3.93 Å². The van der Waals surface area contributed by atoms with Gasteiger partial charge in [0.15, 0.2) is 0 Å². The highest BCUT2D eigenvalue weighted by atomic mass is 79.9. The van der Waals surface area contributed by atoms with Gasteiger partial charge in [0, 0.05) is 20.6 Å². The van der Waals surface area contributed by atoms with Crippen molar-refractivity contribution in [3.05, 3.63) is 33.8 Å². The van der Waals surface area contributed by atoms with Crippen LogP contribution in [0.2, 0.25) is 0 Å². The molecule has 1 aliphatic heterocycles. The van der Waals surface area contributed by atoms with Crippen LogP contribution in [0.4, 0.5) is 0 Å². The van der Waals surface area contributed by atoms with Gasteiger partial charge in [0.25, 0.3) is 0 Å². The quantitative estimate of drug-likeness (QED) is 0.630. The molecule has 0 aromatic heterocycles. The molecule has 1 aromatic carbocycles. The molecule has 0 radical (unpaired) electrons. The summed E-state index contributed by atoms with van der Waals surface area (Å²) in [6.07, 6.45) is 0. The molecule has 2 rings (SSSR count). The summed E-state index contributed by atoms with van der Waals surface area (Å²) in [5, 5.41) is 0. The van der Waals surface area contributed by atoms with Crippen LogP contribution in [0.15, 0.2) is 22.7 Å². The summed E-state index contributed by atoms with van der Waals surface area (Å²) in [5.41, 5.74) is 2.86. The van der Waals surface area contributed by atoms with E-state index in [1.54, 1.807) is 0 Å². The summed E-state index contributed by atoms with van der Waals surface area (Å²) in [4.78, 5) is 0. The molecule has 1 nitrogen and oxygen atoms in total. The Hall–Kier alpha value is 0.140. The first-order chi connectivity index (χ1) is 6.78. The van der Waals surface area contributed by atoms with Crippen LogP contribution < -0.4 is 0 Å². The van der Waals surface area contributed by atoms with Crippen molar-refractivity contribution >= 4 is 32.1 Å². The first-order valence-electron chi connectivity index (χ1n) is 5.04. The highest BCUT2D eigenvalue weighted by Gasteiger charge is 2.47. The van der Waals surface area contributed by atoms with E-state index in [9.17, 15) is 0 Å². The maximum absolute atomic E-state index is 3.70. The van der Waals surface area contributed by atoms with Crippen LogP contribution in [0, 0.1) is 0 Å². The number of halogens is 2. The average molecular weight is 333 g/mol. The van der Waals surface area contributed by atoms with Gasteiger partial charge in [0.1, 0.15) is 0 Å². The monoisotopic (exact) mass is 331 g/mol. The predicted molar refractivity (Wildman–Crippen MR) is 71.0 cm³/mol. The second kappa shape index (κ2) is 3.31. The van der Waals surface area contributed by atoms with Crippen molar-refractivity contribution in [2.45, 2.75) is 38.8 Å². The van der Waals surface area contributed by atoms with E-state index >= 15 is 0 Å². The van der Waals surface area contributed by atoms with Gasteiger partial charge in [-0.15, -0.1) is 0 Å². The van der Waals surface area contributed by atoms with Crippen molar-refractivity contribution in [3.8, 4) is 0 Å². The number of fused-ring (bicyclic) bond motifs is 1. The molecule has 0 fully saturated rings. The Labute approximate surface area is 108 Å². The SMILES string of the molecule is CC1(C)c2ccc(Br)cc2C(C)(C)N1Br. The van der Waals surface area contributed by atoms with Crippen LogP contribution in [0.5, 0.6) is 0 Å². The third-order valence-corrected chi connectivity index (χ3v) is 5.55. The van der Waals surface area contributed by atoms with E-state index in [0.29, 0.717) is 0 Å². The van der Waals surface area contributed by atoms with Crippen LogP contribution in [0.25, 0.3) is 0 Å². The molecule has 82 valence electrons. The van der Waals surface area contributed by atoms with Crippen molar-refractivity contribution in [3.63, 3.8) is 0 Å². The van der Waals surface area contributed by atoms with Crippen LogP contribution in [0.1, 0.15) is 38.8 Å². The van der Waals surface area contributed by atoms with Gasteiger partial charge in [-0.25, -0.2) is 3.93 Å². The number of hydrogen-bond donors (Lipinski definition) is 0. The largest absolute Gasteiger partial charge is 0.222 e. The van der Waals surface area contributed by atoms with Gasteiger partial charge in [-0.1, -0.05) is 22.0 Å². The molecule has 1 aliphatic rings. The summed E-state index contributed by atoms with van der Waals surface area (Å²) in [6.45, 7) is 8.95. The van der Waals surface area contributed by atoms with Gasteiger partial charge in [-0.05, 0) is 51.0 Å². The van der Waals surface area contributed by atoms with E-state index in [0.717, 1.165) is 4.47 Å². The second-order valence-corrected chi connectivity index (χ2v) is 6.71. The summed E-state index contributed by atoms with van der Waals surface area (Å²) in [5.74, 6) is 0. The average Bonchev–Trinajstić information content (AvgIpc) is 2.26. The molecule has 0 bridgehead atoms. The number of benzene rings is 1. The first-order valence-corrected chi connectivity index (χ1v) is 6.55. The molecule has 0 saturated carbocycles. The van der Waals surface area contributed by atoms with E-state index in [4.69, 9.17) is 0 Å². The van der Waals surface area contributed by atoms with Crippen LogP contribution in [-0.2, 0) is 11.1 Å². The highest BCUT2D eigenvalue weighted by molar-refractivity contribution is 9.10. The van der Waals surface area contributed by atoms with Gasteiger partial charge >= 0.3 is 0 Å². The van der Waals surface area contributed by atoms with Crippen molar-refractivity contribution < 1.29 is 0 Å². The molecule has 0 aliphatic carbocycles. The predicted octanol–water partition coefficient (Wildman–Crippen LogP) is 4.54. The van der Waals surface area contributed by atoms with Gasteiger partial charge < -0.3 is 0 Å². The lowest BCUT2D eigenvalue weighted by Crippen LogP contribution is -2.37. The number of hydrogen-bond acceptors (Lipinski definition) is 1. The Bertz CT molecular complexity index is 410. The molecule has 1 aromatic rings. The molecule has 0 atom stereocenters. The molecule has 3 heteroatoms. The molecular formula is C12H15Br2N. The minimum Gasteiger partial charge on any atom is -0.222 e. The molecular weight excluding hydrogens is 318 g/mol. The number of rotatable bonds is 0. The van der Waals surface area contributed by atoms with E-state index in [-0.39, 0.29) is 11.1 Å². The molecule has 0 spiro atoms. The van der Waals surface area contributed by atoms with E-state index in [1.807, 2.05) is 0 Å². The molecule has 15 heavy (non-hydrogen) atoms. The summed E-state index contributed by atoms with van der Waals surface area (Å²) < 4.78 is 3.40. The Balaban J connectivity index is 2.71. The zero-order chi connectivity index (χ0) is 11.4. The Morgan fingerprint density at radius 2 is 1.53 bits per heavy atom. The third-order valence-electron chi connectivity index (χ3n) is 3.28. The Kier molecular flexibility index (Phi) is 2.57. The second-order valence-electron chi connectivity index (χ2n) is 5.09. The van der Waals surface area contributed by atoms with Crippen molar-refractivity contribution in [2.75, 3.05) is 0 Å². The van der Waals surface area contributed by atoms with E-state index < -0.39 is 0 Å². The summed E-state index contributed by atoms with van der Waals surface area (Å²) in [6, 6.07) is 6.55. The van der Waals surface area contributed by atoms with Crippen molar-refractivity contribution in [1.29, 1.82) is 0 Å². The fourth-order valence-corrected chi connectivity index (χ4v) is 3.21. The summed E-state index contributed by atoms with van der Waals surface area (Å²) in [7, 11) is 0. The zero-order valence-electron chi connectivity index (χ0n) is 9.44. The standard InChI is InChI=1S/C12H15Br2N/c1-11(2)9-6-5-8(13)7-10(9)12(3,4)15(11)14/h5-7H,1-4H3. The first kappa shape index (κ1) is 11.6. The smallest absolute Gasteiger partial charge is 0.0522 e. The van der Waals surface area contributed by atoms with E-state index in [2.05, 4.69) is 81.9 Å². The Morgan fingerprint density at radius 3 is 2.13 bits per heavy atom. The molecule has 0 saturated heterocycles. The molecule has 0 N–H and O–H groups in total. The fraction of sp³-hybridized carbons (Fsp3) is 0.500. The Morgan fingerprint density at radius 1 is 1.00 bits per heavy atom. The molecule has 0 amide bonds. The minimum absolute atomic E-state index is 0.0304. The lowest BCUT2D eigenvalue weighted by Gasteiger charge is -2.35. The van der Waals surface area contributed by atoms with Gasteiger partial charge in [-0.2, -0.15) is 0 Å². The molecule has 0 unspecified atom stereocenters. The van der Waals surface area contributed by atoms with Crippen molar-refractivity contribution in [2.24, 2.45) is 0 Å². The number of nitrogens with zero attached hydrogens (tertiary/aromatic N) is 1. The third kappa shape index (κ3) is 1.51. The molecule has 1 heterocycles. The highest BCUT2D eigenvalue weighted by Crippen LogP contribution is 2.51. The lowest BCUT2D eigenvalue weighted by atomic mass is 9.91. The lowest BCUT2D eigenvalue weighted by molar-refractivity contribution is 0.175. The normalized spacial score (nSPS) is 22.8. The van der Waals surface area contributed by atoms with Crippen LogP contribution >= 0.6 is 32.1 Å². The van der Waals surface area contributed by atoms with Crippen LogP contribution in [-0.4, -0.2) is 3.93 Å². The van der Waals surface area contributed by atoms with Crippen LogP contribution in [0.3, 0.4) is 0 Å². The maximum atomic E-state index is 3.70. The van der Waals surface area contributed by atoms with Gasteiger partial charge in [-0.3, -0.25) is 0 Å². The van der Waals surface area contributed by atoms with Gasteiger partial charge in [0.05, 0.1) is 11.1 Å².